The summed E-state index contributed by atoms with van der Waals surface area (Å²) in [6.45, 7) is 0. The molecule has 0 saturated carbocycles. The fourth-order valence-electron chi connectivity index (χ4n) is 2.39. The van der Waals surface area contributed by atoms with Crippen molar-refractivity contribution < 1.29 is 9.84 Å². The first kappa shape index (κ1) is 18.5. The Morgan fingerprint density at radius 1 is 1.19 bits per heavy atom. The molecule has 9 heteroatoms. The number of rotatable bonds is 5. The third kappa shape index (κ3) is 3.93. The summed E-state index contributed by atoms with van der Waals surface area (Å²) in [4.78, 5) is 26.5. The Bertz CT molecular complexity index is 1100. The minimum Gasteiger partial charge on any atom is -0.495 e. The number of halogens is 1. The number of para-hydroxylation sites is 2. The Balaban J connectivity index is 2.01. The fourth-order valence-corrected chi connectivity index (χ4v) is 2.65. The number of aromatic amines is 1. The number of hydrogen-bond acceptors (Lipinski definition) is 6. The van der Waals surface area contributed by atoms with Gasteiger partial charge in [0.15, 0.2) is 0 Å². The van der Waals surface area contributed by atoms with Crippen molar-refractivity contribution in [3.63, 3.8) is 0 Å². The molecule has 0 fully saturated rings. The highest BCUT2D eigenvalue weighted by molar-refractivity contribution is 9.10. The van der Waals surface area contributed by atoms with Gasteiger partial charge in [0.25, 0.3) is 5.56 Å². The van der Waals surface area contributed by atoms with Crippen LogP contribution in [0.5, 0.6) is 11.6 Å². The number of H-pyrrole nitrogens is 1. The summed E-state index contributed by atoms with van der Waals surface area (Å²) in [7, 11) is 1.44. The molecule has 0 aliphatic rings. The van der Waals surface area contributed by atoms with E-state index in [-0.39, 0.29) is 11.3 Å². The van der Waals surface area contributed by atoms with Gasteiger partial charge in [-0.3, -0.25) is 15.2 Å². The Labute approximate surface area is 161 Å². The van der Waals surface area contributed by atoms with Crippen molar-refractivity contribution in [3.05, 3.63) is 79.4 Å². The van der Waals surface area contributed by atoms with Gasteiger partial charge in [-0.1, -0.05) is 28.1 Å². The van der Waals surface area contributed by atoms with Crippen molar-refractivity contribution >= 4 is 27.8 Å². The quantitative estimate of drug-likeness (QED) is 0.425. The fraction of sp³-hybridized carbons (Fsp3) is 0.0556. The lowest BCUT2D eigenvalue weighted by Gasteiger charge is -2.12. The van der Waals surface area contributed by atoms with Gasteiger partial charge in [-0.2, -0.15) is 5.10 Å². The largest absolute Gasteiger partial charge is 0.495 e. The molecule has 27 heavy (non-hydrogen) atoms. The number of hydrazone groups is 1. The molecule has 0 bridgehead atoms. The Morgan fingerprint density at radius 2 is 1.89 bits per heavy atom. The maximum atomic E-state index is 12.2. The van der Waals surface area contributed by atoms with Crippen LogP contribution in [0.1, 0.15) is 5.56 Å². The predicted octanol–water partition coefficient (Wildman–Crippen LogP) is 2.45. The predicted molar refractivity (Wildman–Crippen MR) is 106 cm³/mol. The zero-order valence-corrected chi connectivity index (χ0v) is 15.7. The lowest BCUT2D eigenvalue weighted by Crippen LogP contribution is -2.31. The molecule has 3 aromatic rings. The first-order valence-electron chi connectivity index (χ1n) is 7.77. The highest BCUT2D eigenvalue weighted by atomic mass is 79.9. The highest BCUT2D eigenvalue weighted by Gasteiger charge is 2.16. The van der Waals surface area contributed by atoms with Crippen LogP contribution in [-0.2, 0) is 0 Å². The zero-order valence-electron chi connectivity index (χ0n) is 14.1. The van der Waals surface area contributed by atoms with E-state index in [1.165, 1.54) is 7.11 Å². The second kappa shape index (κ2) is 7.92. The third-order valence-corrected chi connectivity index (χ3v) is 4.21. The highest BCUT2D eigenvalue weighted by Crippen LogP contribution is 2.24. The van der Waals surface area contributed by atoms with Crippen molar-refractivity contribution in [2.45, 2.75) is 0 Å². The van der Waals surface area contributed by atoms with Gasteiger partial charge in [-0.25, -0.2) is 9.36 Å². The van der Waals surface area contributed by atoms with Gasteiger partial charge in [0.05, 0.1) is 24.7 Å². The molecule has 1 aromatic heterocycles. The summed E-state index contributed by atoms with van der Waals surface area (Å²) < 4.78 is 7.07. The Morgan fingerprint density at radius 3 is 2.59 bits per heavy atom. The molecule has 2 aromatic carbocycles. The van der Waals surface area contributed by atoms with Gasteiger partial charge in [-0.15, -0.1) is 0 Å². The SMILES string of the molecule is COc1ccccc1-n1c(O)c(C=NNc2ccc(Br)cc2)c(=O)[nH]c1=O. The Kier molecular flexibility index (Phi) is 5.41. The summed E-state index contributed by atoms with van der Waals surface area (Å²) in [5, 5.41) is 14.5. The van der Waals surface area contributed by atoms with Gasteiger partial charge in [0.1, 0.15) is 11.3 Å². The molecule has 0 aliphatic carbocycles. The second-order valence-electron chi connectivity index (χ2n) is 5.38. The van der Waals surface area contributed by atoms with E-state index in [0.717, 1.165) is 15.3 Å². The lowest BCUT2D eigenvalue weighted by molar-refractivity contribution is 0.401. The number of methoxy groups -OCH3 is 1. The van der Waals surface area contributed by atoms with Crippen LogP contribution in [0.4, 0.5) is 5.69 Å². The van der Waals surface area contributed by atoms with Crippen LogP contribution in [0.15, 0.2) is 67.7 Å². The van der Waals surface area contributed by atoms with E-state index >= 15 is 0 Å². The molecule has 0 saturated heterocycles. The van der Waals surface area contributed by atoms with Gasteiger partial charge in [0, 0.05) is 4.47 Å². The molecule has 1 heterocycles. The van der Waals surface area contributed by atoms with Crippen LogP contribution in [0.2, 0.25) is 0 Å². The number of hydrogen-bond donors (Lipinski definition) is 3. The van der Waals surface area contributed by atoms with E-state index in [0.29, 0.717) is 11.4 Å². The molecular formula is C18H15BrN4O4. The number of aromatic hydroxyl groups is 1. The monoisotopic (exact) mass is 430 g/mol. The minimum absolute atomic E-state index is 0.176. The minimum atomic E-state index is -0.792. The number of aromatic nitrogens is 2. The molecule has 0 amide bonds. The van der Waals surface area contributed by atoms with Crippen molar-refractivity contribution in [2.24, 2.45) is 5.10 Å². The summed E-state index contributed by atoms with van der Waals surface area (Å²) in [6.07, 6.45) is 1.14. The molecule has 3 rings (SSSR count). The second-order valence-corrected chi connectivity index (χ2v) is 6.30. The molecule has 0 unspecified atom stereocenters. The van der Waals surface area contributed by atoms with E-state index in [9.17, 15) is 14.7 Å². The van der Waals surface area contributed by atoms with Crippen LogP contribution in [0.3, 0.4) is 0 Å². The Hall–Kier alpha value is -3.33. The van der Waals surface area contributed by atoms with Gasteiger partial charge in [0.2, 0.25) is 5.88 Å². The van der Waals surface area contributed by atoms with Gasteiger partial charge in [-0.05, 0) is 36.4 Å². The number of ether oxygens (including phenoxy) is 1. The third-order valence-electron chi connectivity index (χ3n) is 3.68. The van der Waals surface area contributed by atoms with Crippen LogP contribution in [-0.4, -0.2) is 28.0 Å². The summed E-state index contributed by atoms with van der Waals surface area (Å²) in [5.41, 5.74) is 1.99. The van der Waals surface area contributed by atoms with Gasteiger partial charge >= 0.3 is 5.69 Å². The smallest absolute Gasteiger partial charge is 0.335 e. The summed E-state index contributed by atoms with van der Waals surface area (Å²) in [5.74, 6) is -0.188. The average Bonchev–Trinajstić information content (AvgIpc) is 2.66. The van der Waals surface area contributed by atoms with E-state index in [1.807, 2.05) is 12.1 Å². The number of benzene rings is 2. The van der Waals surface area contributed by atoms with E-state index in [2.05, 4.69) is 31.4 Å². The normalized spacial score (nSPS) is 10.9. The zero-order chi connectivity index (χ0) is 19.4. The molecule has 0 radical (unpaired) electrons. The van der Waals surface area contributed by atoms with Crippen LogP contribution in [0.25, 0.3) is 5.69 Å². The van der Waals surface area contributed by atoms with E-state index < -0.39 is 17.1 Å². The summed E-state index contributed by atoms with van der Waals surface area (Å²) >= 11 is 3.33. The van der Waals surface area contributed by atoms with Crippen molar-refractivity contribution in [2.75, 3.05) is 12.5 Å². The molecule has 138 valence electrons. The van der Waals surface area contributed by atoms with Crippen LogP contribution in [0, 0.1) is 0 Å². The first-order chi connectivity index (χ1) is 13.0. The lowest BCUT2D eigenvalue weighted by atomic mass is 10.2. The van der Waals surface area contributed by atoms with Crippen molar-refractivity contribution in [1.82, 2.24) is 9.55 Å². The first-order valence-corrected chi connectivity index (χ1v) is 8.57. The van der Waals surface area contributed by atoms with Crippen molar-refractivity contribution in [1.29, 1.82) is 0 Å². The summed E-state index contributed by atoms with van der Waals surface area (Å²) in [6, 6.07) is 13.8. The molecule has 3 N–H and O–H groups in total. The van der Waals surface area contributed by atoms with E-state index in [4.69, 9.17) is 4.74 Å². The molecule has 0 aliphatic heterocycles. The topological polar surface area (TPSA) is 109 Å². The maximum absolute atomic E-state index is 12.2. The molecular weight excluding hydrogens is 416 g/mol. The van der Waals surface area contributed by atoms with E-state index in [1.54, 1.807) is 36.4 Å². The van der Waals surface area contributed by atoms with Crippen LogP contribution < -0.4 is 21.4 Å². The van der Waals surface area contributed by atoms with Crippen LogP contribution >= 0.6 is 15.9 Å². The molecule has 0 spiro atoms. The standard InChI is InChI=1S/C18H15BrN4O4/c1-27-15-5-3-2-4-14(15)23-17(25)13(16(24)21-18(23)26)10-20-22-12-8-6-11(19)7-9-12/h2-10,22,25H,1H3,(H,21,24,26). The van der Waals surface area contributed by atoms with Gasteiger partial charge < -0.3 is 9.84 Å². The molecule has 8 nitrogen and oxygen atoms in total. The maximum Gasteiger partial charge on any atom is 0.335 e. The van der Waals surface area contributed by atoms with Crippen molar-refractivity contribution in [3.8, 4) is 17.3 Å². The number of nitrogens with one attached hydrogen (secondary N) is 2. The molecule has 0 atom stereocenters. The average molecular weight is 431 g/mol. The number of anilines is 1. The number of nitrogens with zero attached hydrogens (tertiary/aromatic N) is 2.